The van der Waals surface area contributed by atoms with E-state index in [1.54, 1.807) is 0 Å². The number of aryl methyl sites for hydroxylation is 4. The number of benzene rings is 2. The van der Waals surface area contributed by atoms with Gasteiger partial charge in [0.15, 0.2) is 5.78 Å². The fourth-order valence-electron chi connectivity index (χ4n) is 8.51. The first-order valence-electron chi connectivity index (χ1n) is 17.5. The van der Waals surface area contributed by atoms with Gasteiger partial charge in [-0.05, 0) is 107 Å². The fraction of sp³-hybridized carbons (Fsp3) is 0.667. The molecule has 0 aliphatic heterocycles. The summed E-state index contributed by atoms with van der Waals surface area (Å²) in [6.07, 6.45) is 1.28. The number of hydrogen-bond acceptors (Lipinski definition) is 3. The Labute approximate surface area is 301 Å². The van der Waals surface area contributed by atoms with E-state index in [-0.39, 0.29) is 15.4 Å². The van der Waals surface area contributed by atoms with Crippen molar-refractivity contribution in [2.24, 2.45) is 0 Å². The molecule has 0 saturated carbocycles. The van der Waals surface area contributed by atoms with Crippen LogP contribution in [0.15, 0.2) is 24.3 Å². The van der Waals surface area contributed by atoms with E-state index < -0.39 is 16.6 Å². The zero-order valence-electron chi connectivity index (χ0n) is 31.8. The third-order valence-corrected chi connectivity index (χ3v) is 24.0. The highest BCUT2D eigenvalue weighted by atomic mass is 79.9. The first-order valence-corrected chi connectivity index (χ1v) is 23.6. The minimum Gasteiger partial charge on any atom is -0.542 e. The lowest BCUT2D eigenvalue weighted by Crippen LogP contribution is -2.51. The highest BCUT2D eigenvalue weighted by Crippen LogP contribution is 2.46. The van der Waals surface area contributed by atoms with Crippen molar-refractivity contribution in [2.45, 2.75) is 167 Å². The normalized spacial score (nSPS) is 14.3. The van der Waals surface area contributed by atoms with Gasteiger partial charge in [-0.3, -0.25) is 4.79 Å². The van der Waals surface area contributed by atoms with Crippen molar-refractivity contribution in [1.82, 2.24) is 0 Å². The molecular formula is C39H64Br2O3Si2. The number of hydrogen-bond donors (Lipinski definition) is 0. The van der Waals surface area contributed by atoms with Crippen LogP contribution in [0, 0.1) is 27.7 Å². The van der Waals surface area contributed by atoms with E-state index in [9.17, 15) is 4.79 Å². The van der Waals surface area contributed by atoms with Crippen LogP contribution < -0.4 is 8.85 Å². The van der Waals surface area contributed by atoms with Crippen LogP contribution in [0.3, 0.4) is 0 Å². The van der Waals surface area contributed by atoms with E-state index in [0.717, 1.165) is 44.9 Å². The molecule has 2 rings (SSSR count). The average Bonchev–Trinajstić information content (AvgIpc) is 2.90. The maximum Gasteiger partial charge on any atom is 0.258 e. The van der Waals surface area contributed by atoms with Gasteiger partial charge in [0.05, 0.1) is 9.65 Å². The molecule has 2 aromatic carbocycles. The third kappa shape index (κ3) is 8.82. The van der Waals surface area contributed by atoms with Gasteiger partial charge in [0.1, 0.15) is 11.5 Å². The predicted molar refractivity (Wildman–Crippen MR) is 213 cm³/mol. The highest BCUT2D eigenvalue weighted by molar-refractivity contribution is 9.10. The number of carbonyl (C=O) groups is 1. The van der Waals surface area contributed by atoms with Gasteiger partial charge < -0.3 is 8.85 Å². The van der Waals surface area contributed by atoms with Gasteiger partial charge in [-0.15, -0.1) is 0 Å². The van der Waals surface area contributed by atoms with Crippen molar-refractivity contribution in [3.05, 3.63) is 57.6 Å². The molecule has 2 atom stereocenters. The summed E-state index contributed by atoms with van der Waals surface area (Å²) in [5.41, 5.74) is 10.0. The number of Topliss-reactive ketones (excluding diaryl/α,β-unsaturated/α-hetero) is 1. The van der Waals surface area contributed by atoms with Crippen LogP contribution in [0.4, 0.5) is 0 Å². The standard InChI is InChI=1S/C39H64Br2O3Si2/c1-23(2)45(24(3)4,25(5)6)43-38-29(13)17-33(18-30(38)14)21-35(40)37(42)36(41)22-34-19-31(15)39(32(16)20-34)44-46(26(7)8,27(9)10)28(11)12/h17-20,23-28,35-36H,21-22H2,1-16H3. The number of alkyl halides is 2. The van der Waals surface area contributed by atoms with Gasteiger partial charge >= 0.3 is 0 Å². The number of rotatable bonds is 16. The van der Waals surface area contributed by atoms with Crippen LogP contribution in [0.25, 0.3) is 0 Å². The summed E-state index contributed by atoms with van der Waals surface area (Å²) in [6.45, 7) is 36.5. The second kappa shape index (κ2) is 16.7. The summed E-state index contributed by atoms with van der Waals surface area (Å²) < 4.78 is 14.2. The third-order valence-electron chi connectivity index (χ3n) is 10.5. The molecule has 0 bridgehead atoms. The molecule has 0 fully saturated rings. The number of halogens is 2. The van der Waals surface area contributed by atoms with E-state index in [1.807, 2.05) is 0 Å². The second-order valence-corrected chi connectivity index (χ2v) is 28.7. The maximum absolute atomic E-state index is 13.6. The van der Waals surface area contributed by atoms with Crippen molar-refractivity contribution in [2.75, 3.05) is 0 Å². The molecule has 0 radical (unpaired) electrons. The minimum atomic E-state index is -2.07. The Hall–Kier alpha value is -0.896. The maximum atomic E-state index is 13.6. The quantitative estimate of drug-likeness (QED) is 0.125. The van der Waals surface area contributed by atoms with Crippen LogP contribution in [0.1, 0.15) is 116 Å². The van der Waals surface area contributed by atoms with E-state index in [1.165, 1.54) is 0 Å². The Morgan fingerprint density at radius 2 is 0.739 bits per heavy atom. The van der Waals surface area contributed by atoms with Gasteiger partial charge in [-0.25, -0.2) is 0 Å². The van der Waals surface area contributed by atoms with Gasteiger partial charge in [0.25, 0.3) is 16.6 Å². The van der Waals surface area contributed by atoms with Gasteiger partial charge in [-0.2, -0.15) is 0 Å². The SMILES string of the molecule is Cc1cc(CC(Br)C(=O)C(Br)Cc2cc(C)c(O[Si](C(C)C)(C(C)C)C(C)C)c(C)c2)cc(C)c1O[Si](C(C)C)(C(C)C)C(C)C. The molecule has 0 heterocycles. The summed E-state index contributed by atoms with van der Waals surface area (Å²) in [5, 5.41) is 0. The van der Waals surface area contributed by atoms with Gasteiger partial charge in [-0.1, -0.05) is 139 Å². The molecule has 260 valence electrons. The van der Waals surface area contributed by atoms with Crippen LogP contribution in [-0.4, -0.2) is 32.1 Å². The lowest BCUT2D eigenvalue weighted by molar-refractivity contribution is -0.117. The first kappa shape index (κ1) is 41.3. The Balaban J connectivity index is 2.24. The van der Waals surface area contributed by atoms with Gasteiger partial charge in [0.2, 0.25) is 0 Å². The van der Waals surface area contributed by atoms with Crippen molar-refractivity contribution in [3.63, 3.8) is 0 Å². The van der Waals surface area contributed by atoms with Crippen LogP contribution in [0.5, 0.6) is 11.5 Å². The molecule has 2 aromatic rings. The lowest BCUT2D eigenvalue weighted by atomic mass is 9.97. The van der Waals surface area contributed by atoms with E-state index in [2.05, 4.69) is 167 Å². The molecule has 7 heteroatoms. The molecule has 2 unspecified atom stereocenters. The summed E-state index contributed by atoms with van der Waals surface area (Å²) in [5.74, 6) is 2.24. The molecule has 46 heavy (non-hydrogen) atoms. The van der Waals surface area contributed by atoms with Crippen molar-refractivity contribution in [1.29, 1.82) is 0 Å². The molecule has 0 N–H and O–H groups in total. The zero-order valence-corrected chi connectivity index (χ0v) is 37.0. The summed E-state index contributed by atoms with van der Waals surface area (Å²) >= 11 is 7.52. The molecule has 0 aromatic heterocycles. The monoisotopic (exact) mass is 794 g/mol. The van der Waals surface area contributed by atoms with Crippen molar-refractivity contribution >= 4 is 54.3 Å². The fourth-order valence-corrected chi connectivity index (χ4v) is 21.0. The molecular weight excluding hydrogens is 732 g/mol. The summed E-state index contributed by atoms with van der Waals surface area (Å²) in [6, 6.07) is 8.86. The highest BCUT2D eigenvalue weighted by Gasteiger charge is 2.48. The molecule has 3 nitrogen and oxygen atoms in total. The first-order chi connectivity index (χ1) is 21.1. The molecule has 0 saturated heterocycles. The zero-order chi connectivity index (χ0) is 35.5. The Kier molecular flexibility index (Phi) is 15.0. The minimum absolute atomic E-state index is 0.169. The van der Waals surface area contributed by atoms with Gasteiger partial charge in [0, 0.05) is 0 Å². The van der Waals surface area contributed by atoms with Crippen LogP contribution in [0.2, 0.25) is 33.2 Å². The van der Waals surface area contributed by atoms with E-state index in [0.29, 0.717) is 46.1 Å². The molecule has 0 aliphatic carbocycles. The predicted octanol–water partition coefficient (Wildman–Crippen LogP) is 12.9. The number of carbonyl (C=O) groups excluding carboxylic acids is 1. The Bertz CT molecular complexity index is 1140. The van der Waals surface area contributed by atoms with Crippen LogP contribution in [-0.2, 0) is 17.6 Å². The van der Waals surface area contributed by atoms with Crippen molar-refractivity contribution in [3.8, 4) is 11.5 Å². The molecule has 0 aliphatic rings. The average molecular weight is 797 g/mol. The Morgan fingerprint density at radius 1 is 0.522 bits per heavy atom. The topological polar surface area (TPSA) is 35.5 Å². The summed E-state index contributed by atoms with van der Waals surface area (Å²) in [4.78, 5) is 13.1. The smallest absolute Gasteiger partial charge is 0.258 e. The lowest BCUT2D eigenvalue weighted by Gasteiger charge is -2.43. The number of ketones is 1. The summed E-state index contributed by atoms with van der Waals surface area (Å²) in [7, 11) is -4.13. The van der Waals surface area contributed by atoms with E-state index in [4.69, 9.17) is 8.85 Å². The van der Waals surface area contributed by atoms with Crippen molar-refractivity contribution < 1.29 is 13.6 Å². The van der Waals surface area contributed by atoms with Crippen LogP contribution >= 0.6 is 31.9 Å². The van der Waals surface area contributed by atoms with E-state index >= 15 is 0 Å². The largest absolute Gasteiger partial charge is 0.542 e. The molecule has 0 amide bonds. The second-order valence-electron chi connectivity index (χ2n) is 15.7. The molecule has 0 spiro atoms. The Morgan fingerprint density at radius 3 is 0.935 bits per heavy atom.